The van der Waals surface area contributed by atoms with Crippen LogP contribution >= 0.6 is 0 Å². The van der Waals surface area contributed by atoms with Crippen LogP contribution in [-0.2, 0) is 9.59 Å². The van der Waals surface area contributed by atoms with Crippen LogP contribution in [0.2, 0.25) is 0 Å². The number of Topliss-reactive ketones (excluding diaryl/α,β-unsaturated/α-hetero) is 2. The van der Waals surface area contributed by atoms with Crippen molar-refractivity contribution in [3.63, 3.8) is 0 Å². The molecule has 0 saturated heterocycles. The summed E-state index contributed by atoms with van der Waals surface area (Å²) in [4.78, 5) is 26.4. The molecule has 0 fully saturated rings. The zero-order chi connectivity index (χ0) is 21.7. The van der Waals surface area contributed by atoms with Crippen molar-refractivity contribution in [2.45, 2.75) is 73.1 Å². The molecular formula is C25H32O4. The van der Waals surface area contributed by atoms with Crippen molar-refractivity contribution in [2.24, 2.45) is 10.8 Å². The summed E-state index contributed by atoms with van der Waals surface area (Å²) in [6.45, 7) is 11.7. The number of aryl methyl sites for hydroxylation is 2. The number of hydrogen-bond donors (Lipinski definition) is 2. The highest BCUT2D eigenvalue weighted by atomic mass is 16.3. The van der Waals surface area contributed by atoms with Gasteiger partial charge in [0.25, 0.3) is 0 Å². The van der Waals surface area contributed by atoms with Gasteiger partial charge in [-0.3, -0.25) is 9.59 Å². The highest BCUT2D eigenvalue weighted by Crippen LogP contribution is 2.48. The normalized spacial score (nSPS) is 21.9. The SMILES string of the molecule is Cc1ccc(C)c(C(C2=C(O)CC(C)(C)CC2=O)C2=C(O)CC(C)(C)CC2=O)c1. The molecule has 156 valence electrons. The van der Waals surface area contributed by atoms with Gasteiger partial charge in [0.05, 0.1) is 0 Å². The van der Waals surface area contributed by atoms with Gasteiger partial charge in [-0.05, 0) is 35.8 Å². The van der Waals surface area contributed by atoms with Gasteiger partial charge in [0.15, 0.2) is 11.6 Å². The van der Waals surface area contributed by atoms with Crippen LogP contribution in [0.15, 0.2) is 40.9 Å². The molecule has 0 aliphatic heterocycles. The molecule has 0 amide bonds. The monoisotopic (exact) mass is 396 g/mol. The predicted octanol–water partition coefficient (Wildman–Crippen LogP) is 5.79. The Bertz CT molecular complexity index is 892. The van der Waals surface area contributed by atoms with E-state index in [-0.39, 0.29) is 45.1 Å². The Morgan fingerprint density at radius 2 is 1.24 bits per heavy atom. The minimum absolute atomic E-state index is 0.0371. The van der Waals surface area contributed by atoms with Gasteiger partial charge in [-0.25, -0.2) is 0 Å². The molecule has 0 heterocycles. The summed E-state index contributed by atoms with van der Waals surface area (Å²) in [5, 5.41) is 21.8. The minimum Gasteiger partial charge on any atom is -0.512 e. The van der Waals surface area contributed by atoms with Crippen molar-refractivity contribution in [1.29, 1.82) is 0 Å². The Hall–Kier alpha value is -2.36. The average molecular weight is 397 g/mol. The van der Waals surface area contributed by atoms with Gasteiger partial charge >= 0.3 is 0 Å². The number of aliphatic hydroxyl groups excluding tert-OH is 2. The molecule has 4 nitrogen and oxygen atoms in total. The van der Waals surface area contributed by atoms with Crippen molar-refractivity contribution in [3.05, 3.63) is 57.6 Å². The zero-order valence-electron chi connectivity index (χ0n) is 18.3. The lowest BCUT2D eigenvalue weighted by molar-refractivity contribution is -0.119. The molecule has 3 rings (SSSR count). The smallest absolute Gasteiger partial charge is 0.163 e. The molecule has 29 heavy (non-hydrogen) atoms. The molecule has 2 aliphatic carbocycles. The Kier molecular flexibility index (Phi) is 5.27. The van der Waals surface area contributed by atoms with E-state index in [1.165, 1.54) is 0 Å². The molecule has 0 spiro atoms. The number of hydrogen-bond acceptors (Lipinski definition) is 4. The third-order valence-electron chi connectivity index (χ3n) is 6.12. The van der Waals surface area contributed by atoms with Crippen LogP contribution in [0.1, 0.15) is 76.0 Å². The highest BCUT2D eigenvalue weighted by Gasteiger charge is 2.43. The first kappa shape index (κ1) is 21.4. The number of rotatable bonds is 3. The highest BCUT2D eigenvalue weighted by molar-refractivity contribution is 6.05. The first-order valence-corrected chi connectivity index (χ1v) is 10.3. The lowest BCUT2D eigenvalue weighted by Crippen LogP contribution is -2.33. The van der Waals surface area contributed by atoms with Crippen LogP contribution in [0.5, 0.6) is 0 Å². The van der Waals surface area contributed by atoms with E-state index in [4.69, 9.17) is 0 Å². The number of carbonyl (C=O) groups is 2. The summed E-state index contributed by atoms with van der Waals surface area (Å²) >= 11 is 0. The van der Waals surface area contributed by atoms with Crippen molar-refractivity contribution in [1.82, 2.24) is 0 Å². The lowest BCUT2D eigenvalue weighted by atomic mass is 9.66. The summed E-state index contributed by atoms with van der Waals surface area (Å²) < 4.78 is 0. The van der Waals surface area contributed by atoms with Gasteiger partial charge in [0.2, 0.25) is 0 Å². The first-order valence-electron chi connectivity index (χ1n) is 10.3. The third kappa shape index (κ3) is 4.17. The number of allylic oxidation sites excluding steroid dienone is 4. The van der Waals surface area contributed by atoms with E-state index in [9.17, 15) is 19.8 Å². The fourth-order valence-corrected chi connectivity index (χ4v) is 4.79. The van der Waals surface area contributed by atoms with Gasteiger partial charge in [-0.1, -0.05) is 51.5 Å². The van der Waals surface area contributed by atoms with E-state index in [2.05, 4.69) is 0 Å². The van der Waals surface area contributed by atoms with Crippen LogP contribution in [0.3, 0.4) is 0 Å². The number of aliphatic hydroxyl groups is 2. The van der Waals surface area contributed by atoms with E-state index in [1.807, 2.05) is 59.7 Å². The predicted molar refractivity (Wildman–Crippen MR) is 114 cm³/mol. The van der Waals surface area contributed by atoms with Gasteiger partial charge in [-0.15, -0.1) is 0 Å². The minimum atomic E-state index is -0.734. The quantitative estimate of drug-likeness (QED) is 0.678. The first-order chi connectivity index (χ1) is 13.3. The fraction of sp³-hybridized carbons (Fsp3) is 0.520. The van der Waals surface area contributed by atoms with Crippen LogP contribution in [0, 0.1) is 24.7 Å². The maximum Gasteiger partial charge on any atom is 0.163 e. The van der Waals surface area contributed by atoms with Crippen molar-refractivity contribution >= 4 is 11.6 Å². The molecule has 0 bridgehead atoms. The maximum atomic E-state index is 13.2. The van der Waals surface area contributed by atoms with E-state index in [0.29, 0.717) is 25.7 Å². The van der Waals surface area contributed by atoms with E-state index in [0.717, 1.165) is 16.7 Å². The molecule has 2 N–H and O–H groups in total. The Balaban J connectivity index is 2.29. The van der Waals surface area contributed by atoms with Crippen LogP contribution < -0.4 is 0 Å². The molecule has 0 saturated carbocycles. The second-order valence-electron chi connectivity index (χ2n) is 10.4. The van der Waals surface area contributed by atoms with Crippen LogP contribution in [0.25, 0.3) is 0 Å². The fourth-order valence-electron chi connectivity index (χ4n) is 4.79. The summed E-state index contributed by atoms with van der Waals surface area (Å²) in [7, 11) is 0. The molecular weight excluding hydrogens is 364 g/mol. The number of benzene rings is 1. The number of ketones is 2. The summed E-state index contributed by atoms with van der Waals surface area (Å²) in [6.07, 6.45) is 1.37. The van der Waals surface area contributed by atoms with Crippen molar-refractivity contribution in [3.8, 4) is 0 Å². The van der Waals surface area contributed by atoms with E-state index in [1.54, 1.807) is 0 Å². The molecule has 0 aromatic heterocycles. The van der Waals surface area contributed by atoms with Gasteiger partial charge in [0.1, 0.15) is 11.5 Å². The molecule has 0 radical (unpaired) electrons. The van der Waals surface area contributed by atoms with E-state index >= 15 is 0 Å². The molecule has 1 aromatic rings. The van der Waals surface area contributed by atoms with Crippen LogP contribution in [0.4, 0.5) is 0 Å². The molecule has 2 aliphatic rings. The second kappa shape index (κ2) is 7.16. The molecule has 0 unspecified atom stereocenters. The number of carbonyl (C=O) groups excluding carboxylic acids is 2. The topological polar surface area (TPSA) is 74.6 Å². The van der Waals surface area contributed by atoms with Crippen LogP contribution in [-0.4, -0.2) is 21.8 Å². The third-order valence-corrected chi connectivity index (χ3v) is 6.12. The summed E-state index contributed by atoms with van der Waals surface area (Å²) in [5.74, 6) is -0.961. The maximum absolute atomic E-state index is 13.2. The zero-order valence-corrected chi connectivity index (χ0v) is 18.3. The van der Waals surface area contributed by atoms with E-state index < -0.39 is 5.92 Å². The van der Waals surface area contributed by atoms with Crippen molar-refractivity contribution < 1.29 is 19.8 Å². The Morgan fingerprint density at radius 3 is 1.66 bits per heavy atom. The molecule has 1 aromatic carbocycles. The summed E-state index contributed by atoms with van der Waals surface area (Å²) in [6, 6.07) is 5.90. The van der Waals surface area contributed by atoms with Gasteiger partial charge in [0, 0.05) is 42.7 Å². The largest absolute Gasteiger partial charge is 0.512 e. The van der Waals surface area contributed by atoms with Gasteiger partial charge in [-0.2, -0.15) is 0 Å². The van der Waals surface area contributed by atoms with Gasteiger partial charge < -0.3 is 10.2 Å². The Labute approximate surface area is 173 Å². The molecule has 0 atom stereocenters. The Morgan fingerprint density at radius 1 is 0.793 bits per heavy atom. The summed E-state index contributed by atoms with van der Waals surface area (Å²) in [5.41, 5.74) is 2.62. The van der Waals surface area contributed by atoms with Crippen molar-refractivity contribution in [2.75, 3.05) is 0 Å². The lowest BCUT2D eigenvalue weighted by Gasteiger charge is -2.37. The second-order valence-corrected chi connectivity index (χ2v) is 10.4. The molecule has 4 heteroatoms. The standard InChI is InChI=1S/C25H32O4/c1-14-7-8-15(2)16(9-14)21(22-17(26)10-24(3,4)11-18(22)27)23-19(28)12-25(5,6)13-20(23)29/h7-9,21,26,28H,10-13H2,1-6H3. The average Bonchev–Trinajstić information content (AvgIpc) is 2.52.